The molecular formula is C24H22N4O6. The van der Waals surface area contributed by atoms with Crippen molar-refractivity contribution in [2.75, 3.05) is 6.61 Å². The lowest BCUT2D eigenvalue weighted by Crippen LogP contribution is -2.37. The third-order valence-electron chi connectivity index (χ3n) is 6.43. The molecule has 2 aromatic carbocycles. The summed E-state index contributed by atoms with van der Waals surface area (Å²) in [5, 5.41) is 21.7. The van der Waals surface area contributed by atoms with Gasteiger partial charge in [-0.05, 0) is 24.6 Å². The molecule has 0 saturated carbocycles. The Kier molecular flexibility index (Phi) is 4.90. The van der Waals surface area contributed by atoms with E-state index in [1.165, 1.54) is 17.7 Å². The Morgan fingerprint density at radius 1 is 1.09 bits per heavy atom. The van der Waals surface area contributed by atoms with Gasteiger partial charge in [-0.3, -0.25) is 24.0 Å². The van der Waals surface area contributed by atoms with E-state index in [-0.39, 0.29) is 11.4 Å². The number of nitro groups is 1. The minimum absolute atomic E-state index is 0.0509. The maximum atomic E-state index is 13.4. The molecule has 1 atom stereocenters. The molecule has 3 heterocycles. The topological polar surface area (TPSA) is 122 Å². The van der Waals surface area contributed by atoms with Crippen LogP contribution >= 0.6 is 0 Å². The molecule has 0 fully saturated rings. The summed E-state index contributed by atoms with van der Waals surface area (Å²) in [7, 11) is 3.00. The van der Waals surface area contributed by atoms with E-state index in [0.29, 0.717) is 46.6 Å². The van der Waals surface area contributed by atoms with Crippen LogP contribution in [0.15, 0.2) is 52.1 Å². The van der Waals surface area contributed by atoms with Gasteiger partial charge in [-0.1, -0.05) is 24.3 Å². The van der Waals surface area contributed by atoms with Gasteiger partial charge in [0.1, 0.15) is 11.9 Å². The highest BCUT2D eigenvalue weighted by Crippen LogP contribution is 2.41. The molecule has 0 aliphatic carbocycles. The first kappa shape index (κ1) is 21.7. The normalized spacial score (nSPS) is 15.4. The SMILES string of the molecule is Cc1ccc(-c2c3c(=O)n(C)c(=O)n(C)c3c3n2CCOC3c2ccc(O)cc2)cc1[N+](=O)[O-]. The molecule has 0 amide bonds. The second-order valence-electron chi connectivity index (χ2n) is 8.42. The number of ether oxygens (including phenoxy) is 1. The van der Waals surface area contributed by atoms with Crippen LogP contribution in [0.4, 0.5) is 5.69 Å². The van der Waals surface area contributed by atoms with Crippen LogP contribution in [0.3, 0.4) is 0 Å². The summed E-state index contributed by atoms with van der Waals surface area (Å²) in [4.78, 5) is 37.5. The molecule has 1 N–H and O–H groups in total. The fraction of sp³-hybridized carbons (Fsp3) is 0.250. The van der Waals surface area contributed by atoms with Crippen molar-refractivity contribution in [1.82, 2.24) is 13.7 Å². The highest BCUT2D eigenvalue weighted by Gasteiger charge is 2.33. The molecule has 34 heavy (non-hydrogen) atoms. The summed E-state index contributed by atoms with van der Waals surface area (Å²) < 4.78 is 10.5. The first-order valence-corrected chi connectivity index (χ1v) is 10.7. The summed E-state index contributed by atoms with van der Waals surface area (Å²) in [5.41, 5.74) is 2.29. The molecule has 0 bridgehead atoms. The molecule has 0 saturated heterocycles. The Bertz CT molecular complexity index is 1590. The van der Waals surface area contributed by atoms with Crippen molar-refractivity contribution < 1.29 is 14.8 Å². The van der Waals surface area contributed by atoms with Crippen molar-refractivity contribution in [3.63, 3.8) is 0 Å². The number of phenolic OH excluding ortho intramolecular Hbond substituents is 1. The summed E-state index contributed by atoms with van der Waals surface area (Å²) in [6, 6.07) is 11.4. The fourth-order valence-electron chi connectivity index (χ4n) is 4.74. The molecule has 1 unspecified atom stereocenters. The van der Waals surface area contributed by atoms with E-state index in [0.717, 1.165) is 10.1 Å². The molecule has 1 aliphatic heterocycles. The number of aryl methyl sites for hydroxylation is 2. The van der Waals surface area contributed by atoms with Crippen molar-refractivity contribution in [2.45, 2.75) is 19.6 Å². The average Bonchev–Trinajstić information content (AvgIpc) is 3.17. The van der Waals surface area contributed by atoms with Crippen molar-refractivity contribution in [1.29, 1.82) is 0 Å². The second-order valence-corrected chi connectivity index (χ2v) is 8.42. The zero-order valence-corrected chi connectivity index (χ0v) is 18.8. The van der Waals surface area contributed by atoms with Gasteiger partial charge in [0.05, 0.1) is 33.8 Å². The summed E-state index contributed by atoms with van der Waals surface area (Å²) in [6.45, 7) is 2.38. The van der Waals surface area contributed by atoms with E-state index < -0.39 is 22.3 Å². The maximum absolute atomic E-state index is 13.4. The van der Waals surface area contributed by atoms with Gasteiger partial charge in [-0.25, -0.2) is 4.79 Å². The van der Waals surface area contributed by atoms with Crippen LogP contribution in [0.5, 0.6) is 5.75 Å². The Morgan fingerprint density at radius 2 is 1.79 bits per heavy atom. The highest BCUT2D eigenvalue weighted by molar-refractivity contribution is 5.97. The predicted octanol–water partition coefficient (Wildman–Crippen LogP) is 2.75. The lowest BCUT2D eigenvalue weighted by Gasteiger charge is -2.27. The van der Waals surface area contributed by atoms with Gasteiger partial charge in [0.25, 0.3) is 11.2 Å². The largest absolute Gasteiger partial charge is 0.508 e. The minimum Gasteiger partial charge on any atom is -0.508 e. The Labute approximate surface area is 193 Å². The molecule has 0 spiro atoms. The number of aromatic hydroxyl groups is 1. The summed E-state index contributed by atoms with van der Waals surface area (Å²) in [6.07, 6.45) is -0.608. The van der Waals surface area contributed by atoms with E-state index in [9.17, 15) is 24.8 Å². The van der Waals surface area contributed by atoms with Gasteiger partial charge in [0.15, 0.2) is 0 Å². The Morgan fingerprint density at radius 3 is 2.47 bits per heavy atom. The van der Waals surface area contributed by atoms with Crippen LogP contribution in [0.1, 0.15) is 22.9 Å². The third kappa shape index (κ3) is 3.06. The minimum atomic E-state index is -0.608. The van der Waals surface area contributed by atoms with Gasteiger partial charge in [-0.2, -0.15) is 0 Å². The van der Waals surface area contributed by atoms with Crippen LogP contribution in [0, 0.1) is 17.0 Å². The van der Waals surface area contributed by atoms with Crippen molar-refractivity contribution in [3.05, 3.63) is 90.2 Å². The molecular weight excluding hydrogens is 440 g/mol. The van der Waals surface area contributed by atoms with Crippen LogP contribution in [-0.2, 0) is 25.4 Å². The quantitative estimate of drug-likeness (QED) is 0.369. The molecule has 10 heteroatoms. The monoisotopic (exact) mass is 462 g/mol. The molecule has 1 aliphatic rings. The van der Waals surface area contributed by atoms with E-state index in [1.807, 2.05) is 4.57 Å². The number of nitro benzene ring substituents is 1. The number of rotatable bonds is 3. The van der Waals surface area contributed by atoms with Crippen LogP contribution in [0.2, 0.25) is 0 Å². The standard InChI is InChI=1S/C24H22N4O6/c1-13-4-5-15(12-17(13)28(32)33)19-18-20(25(2)24(31)26(3)23(18)30)21-22(34-11-10-27(19)21)14-6-8-16(29)9-7-14/h4-9,12,22,29H,10-11H2,1-3H3. The van der Waals surface area contributed by atoms with Gasteiger partial charge in [0.2, 0.25) is 0 Å². The lowest BCUT2D eigenvalue weighted by molar-refractivity contribution is -0.385. The van der Waals surface area contributed by atoms with E-state index >= 15 is 0 Å². The third-order valence-corrected chi connectivity index (χ3v) is 6.43. The molecule has 174 valence electrons. The number of fused-ring (bicyclic) bond motifs is 3. The second kappa shape index (κ2) is 7.70. The fourth-order valence-corrected chi connectivity index (χ4v) is 4.74. The molecule has 2 aromatic heterocycles. The summed E-state index contributed by atoms with van der Waals surface area (Å²) >= 11 is 0. The van der Waals surface area contributed by atoms with Crippen molar-refractivity contribution in [2.24, 2.45) is 14.1 Å². The predicted molar refractivity (Wildman–Crippen MR) is 125 cm³/mol. The number of hydrogen-bond donors (Lipinski definition) is 1. The highest BCUT2D eigenvalue weighted by atomic mass is 16.6. The number of nitrogens with zero attached hydrogens (tertiary/aromatic N) is 4. The summed E-state index contributed by atoms with van der Waals surface area (Å²) in [5.74, 6) is 0.105. The van der Waals surface area contributed by atoms with Crippen molar-refractivity contribution in [3.8, 4) is 17.0 Å². The number of phenols is 1. The van der Waals surface area contributed by atoms with Gasteiger partial charge < -0.3 is 14.4 Å². The number of hydrogen-bond acceptors (Lipinski definition) is 6. The van der Waals surface area contributed by atoms with Gasteiger partial charge >= 0.3 is 5.69 Å². The smallest absolute Gasteiger partial charge is 0.331 e. The zero-order valence-electron chi connectivity index (χ0n) is 18.8. The van der Waals surface area contributed by atoms with Gasteiger partial charge in [-0.15, -0.1) is 0 Å². The number of aromatic nitrogens is 3. The molecule has 0 radical (unpaired) electrons. The zero-order chi connectivity index (χ0) is 24.3. The van der Waals surface area contributed by atoms with E-state index in [2.05, 4.69) is 0 Å². The Hall–Kier alpha value is -4.18. The first-order valence-electron chi connectivity index (χ1n) is 10.7. The average molecular weight is 462 g/mol. The molecule has 4 aromatic rings. The first-order chi connectivity index (χ1) is 16.2. The van der Waals surface area contributed by atoms with Crippen LogP contribution in [0.25, 0.3) is 22.2 Å². The maximum Gasteiger partial charge on any atom is 0.331 e. The van der Waals surface area contributed by atoms with Crippen LogP contribution in [-0.4, -0.2) is 30.3 Å². The molecule has 5 rings (SSSR count). The van der Waals surface area contributed by atoms with E-state index in [1.54, 1.807) is 50.4 Å². The lowest BCUT2D eigenvalue weighted by atomic mass is 10.0. The molecule has 10 nitrogen and oxygen atoms in total. The number of benzene rings is 2. The van der Waals surface area contributed by atoms with Crippen molar-refractivity contribution >= 4 is 16.6 Å². The van der Waals surface area contributed by atoms with E-state index in [4.69, 9.17) is 4.74 Å². The van der Waals surface area contributed by atoms with Gasteiger partial charge in [0, 0.05) is 37.8 Å². The van der Waals surface area contributed by atoms with Crippen LogP contribution < -0.4 is 11.2 Å². The Balaban J connectivity index is 1.93.